The molecule has 0 saturated carbocycles. The number of carbonyl (C=O) groups is 2. The summed E-state index contributed by atoms with van der Waals surface area (Å²) < 4.78 is 0. The molecule has 2 amide bonds. The van der Waals surface area contributed by atoms with E-state index in [1.807, 2.05) is 14.1 Å². The van der Waals surface area contributed by atoms with Crippen molar-refractivity contribution < 1.29 is 14.7 Å². The minimum Gasteiger partial charge on any atom is -0.481 e. The number of amides is 2. The van der Waals surface area contributed by atoms with Crippen LogP contribution in [0.4, 0.5) is 4.79 Å². The van der Waals surface area contributed by atoms with E-state index in [1.165, 1.54) is 0 Å². The van der Waals surface area contributed by atoms with Crippen LogP contribution in [-0.4, -0.2) is 67.2 Å². The topological polar surface area (TPSA) is 72.9 Å². The number of rotatable bonds is 6. The first-order valence-corrected chi connectivity index (χ1v) is 6.91. The number of carbonyl (C=O) groups excluding carboxylic acids is 1. The van der Waals surface area contributed by atoms with E-state index in [-0.39, 0.29) is 6.03 Å². The van der Waals surface area contributed by atoms with Gasteiger partial charge in [0, 0.05) is 19.6 Å². The fourth-order valence-corrected chi connectivity index (χ4v) is 2.22. The van der Waals surface area contributed by atoms with Crippen LogP contribution in [0.2, 0.25) is 0 Å². The Kier molecular flexibility index (Phi) is 6.62. The molecule has 1 fully saturated rings. The number of likely N-dealkylation sites (tertiary alicyclic amines) is 1. The van der Waals surface area contributed by atoms with Crippen molar-refractivity contribution in [3.63, 3.8) is 0 Å². The minimum atomic E-state index is -0.802. The van der Waals surface area contributed by atoms with Gasteiger partial charge in [-0.05, 0) is 46.3 Å². The number of aliphatic carboxylic acids is 1. The number of hydrogen-bond donors (Lipinski definition) is 2. The number of nitrogens with one attached hydrogen (secondary N) is 1. The van der Waals surface area contributed by atoms with Gasteiger partial charge in [-0.2, -0.15) is 0 Å². The molecule has 0 radical (unpaired) electrons. The quantitative estimate of drug-likeness (QED) is 0.702. The van der Waals surface area contributed by atoms with E-state index in [0.29, 0.717) is 26.1 Å². The van der Waals surface area contributed by atoms with Crippen molar-refractivity contribution in [2.45, 2.75) is 25.7 Å². The lowest BCUT2D eigenvalue weighted by atomic mass is 9.99. The Labute approximate surface area is 114 Å². The van der Waals surface area contributed by atoms with Gasteiger partial charge in [-0.25, -0.2) is 4.79 Å². The molecule has 0 aliphatic carbocycles. The SMILES string of the molecule is CN(C)CCCCNC(=O)N1CCC[C@H](C(=O)O)C1. The molecule has 0 bridgehead atoms. The van der Waals surface area contributed by atoms with Gasteiger partial charge >= 0.3 is 12.0 Å². The van der Waals surface area contributed by atoms with Crippen LogP contribution in [0.25, 0.3) is 0 Å². The number of unbranched alkanes of at least 4 members (excludes halogenated alkanes) is 1. The number of urea groups is 1. The molecule has 1 aliphatic rings. The average molecular weight is 271 g/mol. The molecule has 1 heterocycles. The lowest BCUT2D eigenvalue weighted by Crippen LogP contribution is -2.47. The number of nitrogens with zero attached hydrogens (tertiary/aromatic N) is 2. The van der Waals surface area contributed by atoms with Crippen molar-refractivity contribution in [3.8, 4) is 0 Å². The third kappa shape index (κ3) is 5.92. The van der Waals surface area contributed by atoms with Gasteiger partial charge in [0.05, 0.1) is 5.92 Å². The van der Waals surface area contributed by atoms with Crippen molar-refractivity contribution in [2.75, 3.05) is 40.3 Å². The molecule has 19 heavy (non-hydrogen) atoms. The number of carboxylic acid groups (broad SMARTS) is 1. The highest BCUT2D eigenvalue weighted by molar-refractivity contribution is 5.76. The Bertz CT molecular complexity index is 308. The predicted octanol–water partition coefficient (Wildman–Crippen LogP) is 0.834. The van der Waals surface area contributed by atoms with Crippen molar-refractivity contribution in [1.29, 1.82) is 0 Å². The number of carboxylic acids is 1. The lowest BCUT2D eigenvalue weighted by Gasteiger charge is -2.30. The lowest BCUT2D eigenvalue weighted by molar-refractivity contribution is -0.143. The van der Waals surface area contributed by atoms with Crippen LogP contribution < -0.4 is 5.32 Å². The van der Waals surface area contributed by atoms with E-state index in [9.17, 15) is 9.59 Å². The van der Waals surface area contributed by atoms with Gasteiger partial charge in [-0.1, -0.05) is 0 Å². The molecular formula is C13H25N3O3. The van der Waals surface area contributed by atoms with Crippen LogP contribution in [0.3, 0.4) is 0 Å². The normalized spacial score (nSPS) is 19.5. The smallest absolute Gasteiger partial charge is 0.317 e. The third-order valence-corrected chi connectivity index (χ3v) is 3.37. The summed E-state index contributed by atoms with van der Waals surface area (Å²) in [6, 6.07) is -0.129. The molecule has 0 aromatic rings. The zero-order chi connectivity index (χ0) is 14.3. The van der Waals surface area contributed by atoms with E-state index in [1.54, 1.807) is 4.90 Å². The van der Waals surface area contributed by atoms with Gasteiger partial charge in [-0.15, -0.1) is 0 Å². The molecule has 6 heteroatoms. The molecular weight excluding hydrogens is 246 g/mol. The summed E-state index contributed by atoms with van der Waals surface area (Å²) in [5, 5.41) is 11.8. The molecule has 6 nitrogen and oxygen atoms in total. The highest BCUT2D eigenvalue weighted by Crippen LogP contribution is 2.16. The second-order valence-electron chi connectivity index (χ2n) is 5.37. The molecule has 1 atom stereocenters. The maximum Gasteiger partial charge on any atom is 0.317 e. The third-order valence-electron chi connectivity index (χ3n) is 3.37. The zero-order valence-electron chi connectivity index (χ0n) is 11.9. The van der Waals surface area contributed by atoms with Crippen molar-refractivity contribution >= 4 is 12.0 Å². The molecule has 0 spiro atoms. The van der Waals surface area contributed by atoms with Gasteiger partial charge in [0.1, 0.15) is 0 Å². The first-order valence-electron chi connectivity index (χ1n) is 6.91. The zero-order valence-corrected chi connectivity index (χ0v) is 11.9. The van der Waals surface area contributed by atoms with Crippen LogP contribution in [0.1, 0.15) is 25.7 Å². The van der Waals surface area contributed by atoms with E-state index in [4.69, 9.17) is 5.11 Å². The maximum atomic E-state index is 11.9. The van der Waals surface area contributed by atoms with Gasteiger partial charge in [0.15, 0.2) is 0 Å². The monoisotopic (exact) mass is 271 g/mol. The maximum absolute atomic E-state index is 11.9. The van der Waals surface area contributed by atoms with Gasteiger partial charge in [0.25, 0.3) is 0 Å². The van der Waals surface area contributed by atoms with E-state index in [2.05, 4.69) is 10.2 Å². The molecule has 2 N–H and O–H groups in total. The van der Waals surface area contributed by atoms with E-state index < -0.39 is 11.9 Å². The summed E-state index contributed by atoms with van der Waals surface area (Å²) in [7, 11) is 4.05. The largest absolute Gasteiger partial charge is 0.481 e. The molecule has 110 valence electrons. The predicted molar refractivity (Wildman–Crippen MR) is 73.1 cm³/mol. The fourth-order valence-electron chi connectivity index (χ4n) is 2.22. The molecule has 0 aromatic heterocycles. The van der Waals surface area contributed by atoms with Crippen LogP contribution in [0.5, 0.6) is 0 Å². The second kappa shape index (κ2) is 7.99. The molecule has 0 unspecified atom stereocenters. The van der Waals surface area contributed by atoms with E-state index >= 15 is 0 Å². The number of piperidine rings is 1. The highest BCUT2D eigenvalue weighted by Gasteiger charge is 2.27. The summed E-state index contributed by atoms with van der Waals surface area (Å²) >= 11 is 0. The highest BCUT2D eigenvalue weighted by atomic mass is 16.4. The standard InChI is InChI=1S/C13H25N3O3/c1-15(2)8-4-3-7-14-13(19)16-9-5-6-11(10-16)12(17)18/h11H,3-10H2,1-2H3,(H,14,19)(H,17,18)/t11-/m0/s1. The van der Waals surface area contributed by atoms with E-state index in [0.717, 1.165) is 25.8 Å². The van der Waals surface area contributed by atoms with Crippen LogP contribution >= 0.6 is 0 Å². The van der Waals surface area contributed by atoms with Crippen LogP contribution in [-0.2, 0) is 4.79 Å². The Morgan fingerprint density at radius 2 is 2.11 bits per heavy atom. The second-order valence-corrected chi connectivity index (χ2v) is 5.37. The fraction of sp³-hybridized carbons (Fsp3) is 0.846. The van der Waals surface area contributed by atoms with Gasteiger partial charge in [0.2, 0.25) is 0 Å². The first-order chi connectivity index (χ1) is 9.00. The Morgan fingerprint density at radius 1 is 1.37 bits per heavy atom. The Morgan fingerprint density at radius 3 is 2.74 bits per heavy atom. The molecule has 1 saturated heterocycles. The minimum absolute atomic E-state index is 0.129. The summed E-state index contributed by atoms with van der Waals surface area (Å²) in [6.45, 7) is 2.66. The molecule has 0 aromatic carbocycles. The first kappa shape index (κ1) is 15.8. The average Bonchev–Trinajstić information content (AvgIpc) is 2.37. The van der Waals surface area contributed by atoms with Gasteiger partial charge in [-0.3, -0.25) is 4.79 Å². The summed E-state index contributed by atoms with van der Waals surface area (Å²) in [5.41, 5.74) is 0. The summed E-state index contributed by atoms with van der Waals surface area (Å²) in [6.07, 6.45) is 3.43. The van der Waals surface area contributed by atoms with Crippen molar-refractivity contribution in [1.82, 2.24) is 15.1 Å². The van der Waals surface area contributed by atoms with Crippen LogP contribution in [0.15, 0.2) is 0 Å². The Hall–Kier alpha value is -1.30. The summed E-state index contributed by atoms with van der Waals surface area (Å²) in [4.78, 5) is 26.5. The van der Waals surface area contributed by atoms with Gasteiger partial charge < -0.3 is 20.2 Å². The van der Waals surface area contributed by atoms with Crippen LogP contribution in [0, 0.1) is 5.92 Å². The van der Waals surface area contributed by atoms with Crippen molar-refractivity contribution in [3.05, 3.63) is 0 Å². The Balaban J connectivity index is 2.20. The number of hydrogen-bond acceptors (Lipinski definition) is 3. The summed E-state index contributed by atoms with van der Waals surface area (Å²) in [5.74, 6) is -1.21. The molecule has 1 rings (SSSR count). The van der Waals surface area contributed by atoms with Crippen molar-refractivity contribution in [2.24, 2.45) is 5.92 Å². The molecule has 1 aliphatic heterocycles.